The summed E-state index contributed by atoms with van der Waals surface area (Å²) >= 11 is 0. The van der Waals surface area contributed by atoms with Crippen molar-refractivity contribution in [1.82, 2.24) is 5.32 Å². The topological polar surface area (TPSA) is 73.6 Å². The highest BCUT2D eigenvalue weighted by Crippen LogP contribution is 2.19. The minimum absolute atomic E-state index is 0.107. The maximum atomic E-state index is 12.1. The minimum atomic E-state index is -0.107. The molecule has 0 aromatic heterocycles. The molecule has 1 aliphatic rings. The highest BCUT2D eigenvalue weighted by molar-refractivity contribution is 5.95. The van der Waals surface area contributed by atoms with Crippen molar-refractivity contribution in [1.29, 1.82) is 0 Å². The van der Waals surface area contributed by atoms with Crippen LogP contribution in [0.15, 0.2) is 18.2 Å². The molecule has 0 unspecified atom stereocenters. The maximum absolute atomic E-state index is 12.1. The summed E-state index contributed by atoms with van der Waals surface area (Å²) in [5.41, 5.74) is 6.87. The maximum Gasteiger partial charge on any atom is 0.251 e. The molecule has 1 saturated heterocycles. The summed E-state index contributed by atoms with van der Waals surface area (Å²) in [6, 6.07) is 5.11. The average molecular weight is 278 g/mol. The Morgan fingerprint density at radius 1 is 1.40 bits per heavy atom. The number of nitrogens with one attached hydrogen (secondary N) is 1. The Bertz CT molecular complexity index is 456. The summed E-state index contributed by atoms with van der Waals surface area (Å²) in [6.45, 7) is 4.70. The monoisotopic (exact) mass is 278 g/mol. The van der Waals surface area contributed by atoms with Crippen molar-refractivity contribution in [2.45, 2.75) is 19.8 Å². The molecule has 0 saturated carbocycles. The van der Waals surface area contributed by atoms with Gasteiger partial charge in [0.05, 0.1) is 6.61 Å². The summed E-state index contributed by atoms with van der Waals surface area (Å²) in [4.78, 5) is 12.1. The average Bonchev–Trinajstić information content (AvgIpc) is 2.45. The SMILES string of the molecule is CCOc1cc(N)cc(C(=O)NCC2CCOCC2)c1. The van der Waals surface area contributed by atoms with E-state index < -0.39 is 0 Å². The Morgan fingerprint density at radius 2 is 2.15 bits per heavy atom. The smallest absolute Gasteiger partial charge is 0.251 e. The third-order valence-corrected chi connectivity index (χ3v) is 3.39. The van der Waals surface area contributed by atoms with E-state index in [1.165, 1.54) is 0 Å². The Balaban J connectivity index is 1.93. The van der Waals surface area contributed by atoms with Crippen LogP contribution in [0.5, 0.6) is 5.75 Å². The zero-order valence-electron chi connectivity index (χ0n) is 11.9. The van der Waals surface area contributed by atoms with Crippen molar-refractivity contribution >= 4 is 11.6 Å². The van der Waals surface area contributed by atoms with Gasteiger partial charge in [0.25, 0.3) is 5.91 Å². The lowest BCUT2D eigenvalue weighted by molar-refractivity contribution is 0.0642. The summed E-state index contributed by atoms with van der Waals surface area (Å²) < 4.78 is 10.7. The molecule has 0 atom stereocenters. The molecule has 0 bridgehead atoms. The number of hydrogen-bond donors (Lipinski definition) is 2. The van der Waals surface area contributed by atoms with E-state index in [9.17, 15) is 4.79 Å². The Hall–Kier alpha value is -1.75. The second kappa shape index (κ2) is 7.14. The summed E-state index contributed by atoms with van der Waals surface area (Å²) in [7, 11) is 0. The molecule has 1 aromatic rings. The van der Waals surface area contributed by atoms with Crippen LogP contribution in [0.4, 0.5) is 5.69 Å². The van der Waals surface area contributed by atoms with E-state index in [1.807, 2.05) is 6.92 Å². The van der Waals surface area contributed by atoms with Gasteiger partial charge in [-0.05, 0) is 37.8 Å². The van der Waals surface area contributed by atoms with Gasteiger partial charge in [0, 0.05) is 37.1 Å². The van der Waals surface area contributed by atoms with E-state index in [1.54, 1.807) is 18.2 Å². The fourth-order valence-electron chi connectivity index (χ4n) is 2.29. The van der Waals surface area contributed by atoms with Crippen LogP contribution in [-0.2, 0) is 4.74 Å². The standard InChI is InChI=1S/C15H22N2O3/c1-2-20-14-8-12(7-13(16)9-14)15(18)17-10-11-3-5-19-6-4-11/h7-9,11H,2-6,10,16H2,1H3,(H,17,18). The highest BCUT2D eigenvalue weighted by atomic mass is 16.5. The molecule has 1 amide bonds. The molecule has 5 heteroatoms. The number of hydrogen-bond acceptors (Lipinski definition) is 4. The first-order chi connectivity index (χ1) is 9.69. The van der Waals surface area contributed by atoms with Gasteiger partial charge in [-0.2, -0.15) is 0 Å². The summed E-state index contributed by atoms with van der Waals surface area (Å²) in [5.74, 6) is 1.02. The molecule has 1 aromatic carbocycles. The van der Waals surface area contributed by atoms with Crippen molar-refractivity contribution in [3.8, 4) is 5.75 Å². The lowest BCUT2D eigenvalue weighted by atomic mass is 10.0. The molecule has 0 spiro atoms. The van der Waals surface area contributed by atoms with Gasteiger partial charge in [-0.3, -0.25) is 4.79 Å². The van der Waals surface area contributed by atoms with E-state index >= 15 is 0 Å². The zero-order chi connectivity index (χ0) is 14.4. The molecule has 1 fully saturated rings. The number of benzene rings is 1. The number of anilines is 1. The number of carbonyl (C=O) groups is 1. The van der Waals surface area contributed by atoms with Crippen molar-refractivity contribution in [3.63, 3.8) is 0 Å². The van der Waals surface area contributed by atoms with Crippen LogP contribution in [0.2, 0.25) is 0 Å². The molecule has 20 heavy (non-hydrogen) atoms. The molecule has 5 nitrogen and oxygen atoms in total. The first-order valence-corrected chi connectivity index (χ1v) is 7.08. The molecule has 0 aliphatic carbocycles. The molecule has 0 radical (unpaired) electrons. The first-order valence-electron chi connectivity index (χ1n) is 7.08. The number of rotatable bonds is 5. The molecule has 2 rings (SSSR count). The van der Waals surface area contributed by atoms with Gasteiger partial charge in [-0.15, -0.1) is 0 Å². The van der Waals surface area contributed by atoms with Crippen LogP contribution >= 0.6 is 0 Å². The number of ether oxygens (including phenoxy) is 2. The van der Waals surface area contributed by atoms with E-state index in [4.69, 9.17) is 15.2 Å². The molecular weight excluding hydrogens is 256 g/mol. The number of nitrogen functional groups attached to an aromatic ring is 1. The van der Waals surface area contributed by atoms with E-state index in [0.717, 1.165) is 26.1 Å². The van der Waals surface area contributed by atoms with Crippen LogP contribution in [0, 0.1) is 5.92 Å². The van der Waals surface area contributed by atoms with Crippen molar-refractivity contribution < 1.29 is 14.3 Å². The number of amides is 1. The second-order valence-electron chi connectivity index (χ2n) is 4.99. The van der Waals surface area contributed by atoms with Crippen LogP contribution in [-0.4, -0.2) is 32.3 Å². The first kappa shape index (κ1) is 14.7. The van der Waals surface area contributed by atoms with Gasteiger partial charge >= 0.3 is 0 Å². The predicted octanol–water partition coefficient (Wildman–Crippen LogP) is 1.82. The molecule has 110 valence electrons. The zero-order valence-corrected chi connectivity index (χ0v) is 11.9. The third-order valence-electron chi connectivity index (χ3n) is 3.39. The van der Waals surface area contributed by atoms with Crippen molar-refractivity contribution in [2.75, 3.05) is 32.1 Å². The van der Waals surface area contributed by atoms with Crippen LogP contribution in [0.1, 0.15) is 30.1 Å². The summed E-state index contributed by atoms with van der Waals surface area (Å²) in [6.07, 6.45) is 2.00. The third kappa shape index (κ3) is 4.13. The number of nitrogens with two attached hydrogens (primary N) is 1. The Labute approximate surface area is 119 Å². The van der Waals surface area contributed by atoms with Gasteiger partial charge in [-0.1, -0.05) is 0 Å². The predicted molar refractivity (Wildman–Crippen MR) is 77.9 cm³/mol. The lowest BCUT2D eigenvalue weighted by Gasteiger charge is -2.22. The van der Waals surface area contributed by atoms with E-state index in [-0.39, 0.29) is 5.91 Å². The van der Waals surface area contributed by atoms with Crippen LogP contribution in [0.25, 0.3) is 0 Å². The van der Waals surface area contributed by atoms with Crippen molar-refractivity contribution in [3.05, 3.63) is 23.8 Å². The van der Waals surface area contributed by atoms with E-state index in [2.05, 4.69) is 5.32 Å². The highest BCUT2D eigenvalue weighted by Gasteiger charge is 2.15. The lowest BCUT2D eigenvalue weighted by Crippen LogP contribution is -2.32. The normalized spacial score (nSPS) is 15.8. The van der Waals surface area contributed by atoms with Gasteiger partial charge < -0.3 is 20.5 Å². The van der Waals surface area contributed by atoms with Crippen LogP contribution < -0.4 is 15.8 Å². The fourth-order valence-corrected chi connectivity index (χ4v) is 2.29. The Morgan fingerprint density at radius 3 is 2.85 bits per heavy atom. The molecule has 3 N–H and O–H groups in total. The van der Waals surface area contributed by atoms with E-state index in [0.29, 0.717) is 36.1 Å². The Kier molecular flexibility index (Phi) is 5.24. The van der Waals surface area contributed by atoms with Gasteiger partial charge in [0.1, 0.15) is 5.75 Å². The second-order valence-corrected chi connectivity index (χ2v) is 4.99. The molecule has 1 aliphatic heterocycles. The summed E-state index contributed by atoms with van der Waals surface area (Å²) in [5, 5.41) is 2.96. The van der Waals surface area contributed by atoms with Crippen molar-refractivity contribution in [2.24, 2.45) is 5.92 Å². The molecule has 1 heterocycles. The largest absolute Gasteiger partial charge is 0.494 e. The number of carbonyl (C=O) groups excluding carboxylic acids is 1. The molecular formula is C15H22N2O3. The van der Waals surface area contributed by atoms with Gasteiger partial charge in [-0.25, -0.2) is 0 Å². The van der Waals surface area contributed by atoms with Gasteiger partial charge in [0.2, 0.25) is 0 Å². The van der Waals surface area contributed by atoms with Crippen LogP contribution in [0.3, 0.4) is 0 Å². The fraction of sp³-hybridized carbons (Fsp3) is 0.533. The quantitative estimate of drug-likeness (QED) is 0.806. The minimum Gasteiger partial charge on any atom is -0.494 e. The van der Waals surface area contributed by atoms with Gasteiger partial charge in [0.15, 0.2) is 0 Å².